The Morgan fingerprint density at radius 3 is 2.58 bits per heavy atom. The van der Waals surface area contributed by atoms with Crippen molar-refractivity contribution < 1.29 is 9.53 Å². The minimum atomic E-state index is 0.239. The van der Waals surface area contributed by atoms with E-state index in [-0.39, 0.29) is 5.91 Å². The second-order valence-corrected chi connectivity index (χ2v) is 8.87. The van der Waals surface area contributed by atoms with Gasteiger partial charge in [-0.2, -0.15) is 0 Å². The highest BCUT2D eigenvalue weighted by Gasteiger charge is 2.27. The second-order valence-electron chi connectivity index (χ2n) is 8.87. The van der Waals surface area contributed by atoms with E-state index >= 15 is 0 Å². The minimum Gasteiger partial charge on any atom is -0.379 e. The summed E-state index contributed by atoms with van der Waals surface area (Å²) in [5.41, 5.74) is 2.56. The number of morpholine rings is 1. The van der Waals surface area contributed by atoms with Crippen LogP contribution in [0.4, 0.5) is 0 Å². The van der Waals surface area contributed by atoms with Crippen LogP contribution in [-0.4, -0.2) is 85.6 Å². The number of guanidine groups is 1. The molecule has 0 aliphatic carbocycles. The van der Waals surface area contributed by atoms with Gasteiger partial charge in [0.15, 0.2) is 5.96 Å². The molecule has 0 saturated carbocycles. The van der Waals surface area contributed by atoms with Crippen molar-refractivity contribution in [1.29, 1.82) is 0 Å². The van der Waals surface area contributed by atoms with E-state index in [9.17, 15) is 4.79 Å². The van der Waals surface area contributed by atoms with Crippen molar-refractivity contribution in [2.45, 2.75) is 39.3 Å². The number of hydrogen-bond donors (Lipinski definition) is 1. The first-order valence-corrected chi connectivity index (χ1v) is 11.9. The number of carbonyl (C=O) groups excluding carboxylic acids is 1. The van der Waals surface area contributed by atoms with E-state index in [0.29, 0.717) is 18.9 Å². The third-order valence-corrected chi connectivity index (χ3v) is 6.54. The average Bonchev–Trinajstić information content (AvgIpc) is 3.43. The maximum Gasteiger partial charge on any atom is 0.223 e. The Morgan fingerprint density at radius 1 is 1.13 bits per heavy atom. The molecular formula is C24H37N5O2. The van der Waals surface area contributed by atoms with Crippen LogP contribution < -0.4 is 5.32 Å². The number of amides is 1. The first kappa shape index (κ1) is 22.1. The molecule has 0 bridgehead atoms. The summed E-state index contributed by atoms with van der Waals surface area (Å²) in [5.74, 6) is 1.94. The molecule has 2 fully saturated rings. The molecule has 7 heteroatoms. The van der Waals surface area contributed by atoms with Crippen molar-refractivity contribution >= 4 is 11.9 Å². The van der Waals surface area contributed by atoms with Crippen LogP contribution in [0.15, 0.2) is 29.3 Å². The lowest BCUT2D eigenvalue weighted by Gasteiger charge is -2.29. The fourth-order valence-electron chi connectivity index (χ4n) is 4.83. The molecule has 2 saturated heterocycles. The summed E-state index contributed by atoms with van der Waals surface area (Å²) in [7, 11) is 0. The number of nitrogens with one attached hydrogen (secondary N) is 1. The van der Waals surface area contributed by atoms with Crippen molar-refractivity contribution in [2.75, 3.05) is 59.0 Å². The summed E-state index contributed by atoms with van der Waals surface area (Å²) >= 11 is 0. The number of hydrogen-bond acceptors (Lipinski definition) is 4. The molecular weight excluding hydrogens is 390 g/mol. The first-order chi connectivity index (χ1) is 15.2. The van der Waals surface area contributed by atoms with Crippen LogP contribution in [0.5, 0.6) is 0 Å². The first-order valence-electron chi connectivity index (χ1n) is 11.9. The molecule has 4 rings (SSSR count). The molecule has 1 aromatic rings. The Bertz CT molecular complexity index is 737. The Labute approximate surface area is 186 Å². The predicted octanol–water partition coefficient (Wildman–Crippen LogP) is 1.93. The van der Waals surface area contributed by atoms with E-state index in [1.165, 1.54) is 17.5 Å². The normalized spacial score (nSPS) is 22.1. The Morgan fingerprint density at radius 2 is 1.87 bits per heavy atom. The van der Waals surface area contributed by atoms with Crippen LogP contribution in [0.1, 0.15) is 37.3 Å². The van der Waals surface area contributed by atoms with Crippen molar-refractivity contribution in [1.82, 2.24) is 20.0 Å². The summed E-state index contributed by atoms with van der Waals surface area (Å²) in [4.78, 5) is 24.3. The van der Waals surface area contributed by atoms with Crippen LogP contribution >= 0.6 is 0 Å². The van der Waals surface area contributed by atoms with E-state index in [1.54, 1.807) is 0 Å². The third-order valence-electron chi connectivity index (χ3n) is 6.54. The van der Waals surface area contributed by atoms with Gasteiger partial charge in [-0.25, -0.2) is 0 Å². The zero-order valence-electron chi connectivity index (χ0n) is 18.9. The molecule has 7 nitrogen and oxygen atoms in total. The van der Waals surface area contributed by atoms with Gasteiger partial charge in [-0.1, -0.05) is 24.3 Å². The molecule has 3 aliphatic heterocycles. The lowest BCUT2D eigenvalue weighted by molar-refractivity contribution is -0.131. The molecule has 170 valence electrons. The second kappa shape index (κ2) is 11.0. The van der Waals surface area contributed by atoms with Crippen LogP contribution in [-0.2, 0) is 22.6 Å². The summed E-state index contributed by atoms with van der Waals surface area (Å²) in [6.07, 6.45) is 2.58. The largest absolute Gasteiger partial charge is 0.379 e. The van der Waals surface area contributed by atoms with E-state index in [4.69, 9.17) is 9.73 Å². The molecule has 1 aromatic carbocycles. The smallest absolute Gasteiger partial charge is 0.223 e. The standard InChI is InChI=1S/C24H37N5O2/c1-2-25-24(28-11-9-20(17-28)16-27-12-14-31-15-13-27)26-10-5-8-23(30)29-18-21-6-3-4-7-22(21)19-29/h3-4,6-7,20H,2,5,8-19H2,1H3,(H,25,26). The topological polar surface area (TPSA) is 60.4 Å². The summed E-state index contributed by atoms with van der Waals surface area (Å²) < 4.78 is 5.47. The maximum atomic E-state index is 12.6. The number of benzene rings is 1. The Hall–Kier alpha value is -2.12. The van der Waals surface area contributed by atoms with Gasteiger partial charge < -0.3 is 19.9 Å². The molecule has 1 amide bonds. The van der Waals surface area contributed by atoms with Gasteiger partial charge in [-0.15, -0.1) is 0 Å². The Kier molecular flexibility index (Phi) is 7.81. The molecule has 1 atom stereocenters. The highest BCUT2D eigenvalue weighted by molar-refractivity contribution is 5.80. The summed E-state index contributed by atoms with van der Waals surface area (Å²) in [5, 5.41) is 3.45. The Balaban J connectivity index is 1.20. The van der Waals surface area contributed by atoms with Crippen molar-refractivity contribution in [3.8, 4) is 0 Å². The molecule has 1 unspecified atom stereocenters. The molecule has 0 aromatic heterocycles. The lowest BCUT2D eigenvalue weighted by Crippen LogP contribution is -2.42. The van der Waals surface area contributed by atoms with Gasteiger partial charge in [0.25, 0.3) is 0 Å². The molecule has 0 radical (unpaired) electrons. The average molecular weight is 428 g/mol. The van der Waals surface area contributed by atoms with Gasteiger partial charge in [-0.05, 0) is 36.8 Å². The number of fused-ring (bicyclic) bond motifs is 1. The van der Waals surface area contributed by atoms with Gasteiger partial charge in [0, 0.05) is 65.3 Å². The van der Waals surface area contributed by atoms with Crippen molar-refractivity contribution in [3.05, 3.63) is 35.4 Å². The summed E-state index contributed by atoms with van der Waals surface area (Å²) in [6, 6.07) is 8.34. The molecule has 3 heterocycles. The van der Waals surface area contributed by atoms with E-state index in [1.807, 2.05) is 17.0 Å². The van der Waals surface area contributed by atoms with Crippen LogP contribution in [0.25, 0.3) is 0 Å². The SMILES string of the molecule is CCNC(=NCCCC(=O)N1Cc2ccccc2C1)N1CCC(CN2CCOCC2)C1. The quantitative estimate of drug-likeness (QED) is 0.409. The molecule has 3 aliphatic rings. The number of ether oxygens (including phenoxy) is 1. The molecule has 1 N–H and O–H groups in total. The number of nitrogens with zero attached hydrogens (tertiary/aromatic N) is 4. The van der Waals surface area contributed by atoms with Crippen molar-refractivity contribution in [2.24, 2.45) is 10.9 Å². The number of aliphatic imine (C=N–C) groups is 1. The molecule has 31 heavy (non-hydrogen) atoms. The summed E-state index contributed by atoms with van der Waals surface area (Å²) in [6.45, 7) is 12.3. The van der Waals surface area contributed by atoms with Gasteiger partial charge in [0.1, 0.15) is 0 Å². The minimum absolute atomic E-state index is 0.239. The van der Waals surface area contributed by atoms with Crippen molar-refractivity contribution in [3.63, 3.8) is 0 Å². The monoisotopic (exact) mass is 427 g/mol. The van der Waals surface area contributed by atoms with E-state index < -0.39 is 0 Å². The van der Waals surface area contributed by atoms with Crippen LogP contribution in [0.2, 0.25) is 0 Å². The number of carbonyl (C=O) groups is 1. The maximum absolute atomic E-state index is 12.6. The van der Waals surface area contributed by atoms with Gasteiger partial charge in [0.2, 0.25) is 5.91 Å². The van der Waals surface area contributed by atoms with E-state index in [2.05, 4.69) is 34.2 Å². The molecule has 0 spiro atoms. The van der Waals surface area contributed by atoms with Gasteiger partial charge in [0.05, 0.1) is 13.2 Å². The van der Waals surface area contributed by atoms with Gasteiger partial charge >= 0.3 is 0 Å². The number of rotatable bonds is 7. The third kappa shape index (κ3) is 5.98. The van der Waals surface area contributed by atoms with Gasteiger partial charge in [-0.3, -0.25) is 14.7 Å². The predicted molar refractivity (Wildman–Crippen MR) is 123 cm³/mol. The fourth-order valence-corrected chi connectivity index (χ4v) is 4.83. The van der Waals surface area contributed by atoms with E-state index in [0.717, 1.165) is 78.0 Å². The fraction of sp³-hybridized carbons (Fsp3) is 0.667. The van der Waals surface area contributed by atoms with Crippen LogP contribution in [0.3, 0.4) is 0 Å². The zero-order chi connectivity index (χ0) is 21.5. The highest BCUT2D eigenvalue weighted by Crippen LogP contribution is 2.23. The van der Waals surface area contributed by atoms with Crippen LogP contribution in [0, 0.1) is 5.92 Å². The zero-order valence-corrected chi connectivity index (χ0v) is 18.9. The number of likely N-dealkylation sites (tertiary alicyclic amines) is 1. The lowest BCUT2D eigenvalue weighted by atomic mass is 10.1. The highest BCUT2D eigenvalue weighted by atomic mass is 16.5.